The maximum absolute atomic E-state index is 14.7. The molecule has 12 heteroatoms. The zero-order chi connectivity index (χ0) is 26.3. The predicted molar refractivity (Wildman–Crippen MR) is 135 cm³/mol. The number of hydrogen-bond acceptors (Lipinski definition) is 8. The number of anilines is 2. The van der Waals surface area contributed by atoms with Crippen LogP contribution in [0.3, 0.4) is 0 Å². The molecule has 0 radical (unpaired) electrons. The second-order valence-corrected chi connectivity index (χ2v) is 13.4. The van der Waals surface area contributed by atoms with Gasteiger partial charge >= 0.3 is 0 Å². The van der Waals surface area contributed by atoms with Crippen LogP contribution in [-0.4, -0.2) is 90.6 Å². The molecule has 2 heterocycles. The first-order valence-corrected chi connectivity index (χ1v) is 15.4. The molecule has 9 nitrogen and oxygen atoms in total. The average molecular weight is 540 g/mol. The Morgan fingerprint density at radius 3 is 2.00 bits per heavy atom. The van der Waals surface area contributed by atoms with Crippen molar-refractivity contribution in [3.63, 3.8) is 0 Å². The molecule has 2 aromatic carbocycles. The molecule has 1 atom stereocenters. The van der Waals surface area contributed by atoms with Gasteiger partial charge in [-0.1, -0.05) is 0 Å². The van der Waals surface area contributed by atoms with Crippen LogP contribution < -0.4 is 9.80 Å². The van der Waals surface area contributed by atoms with Crippen molar-refractivity contribution in [1.82, 2.24) is 4.90 Å². The molecule has 2 fully saturated rings. The molecular weight excluding hydrogens is 509 g/mol. The fourth-order valence-electron chi connectivity index (χ4n) is 4.66. The minimum atomic E-state index is -3.54. The number of sulfone groups is 2. The fourth-order valence-corrected chi connectivity index (χ4v) is 5.94. The number of carbonyl (C=O) groups is 1. The van der Waals surface area contributed by atoms with Gasteiger partial charge in [0.1, 0.15) is 5.82 Å². The average Bonchev–Trinajstić information content (AvgIpc) is 2.82. The highest BCUT2D eigenvalue weighted by Crippen LogP contribution is 2.30. The highest BCUT2D eigenvalue weighted by atomic mass is 32.2. The summed E-state index contributed by atoms with van der Waals surface area (Å²) in [5.41, 5.74) is 1.09. The normalized spacial score (nSPS) is 19.4. The standard InChI is InChI=1S/C24H30FN3O6S2/c1-35(31,32)18-5-7-22(28-9-3-4-17(29)16-28)20(14-18)24(30)27-12-10-26(11-13-27)23-8-6-19(15-21(23)25)36(2,33)34/h5-8,14-15,17,29H,3-4,9-13,16H2,1-2H3. The summed E-state index contributed by atoms with van der Waals surface area (Å²) < 4.78 is 62.4. The number of piperidine rings is 1. The van der Waals surface area contributed by atoms with Crippen LogP contribution in [0.25, 0.3) is 0 Å². The van der Waals surface area contributed by atoms with Gasteiger partial charge in [-0.05, 0) is 49.2 Å². The highest BCUT2D eigenvalue weighted by molar-refractivity contribution is 7.91. The van der Waals surface area contributed by atoms with Gasteiger partial charge < -0.3 is 19.8 Å². The number of amides is 1. The van der Waals surface area contributed by atoms with E-state index >= 15 is 0 Å². The maximum atomic E-state index is 14.7. The number of β-amino-alcohol motifs (C(OH)–C–C–N with tert-alkyl or cyclic N) is 1. The molecule has 2 aromatic rings. The van der Waals surface area contributed by atoms with E-state index in [0.29, 0.717) is 38.3 Å². The third-order valence-corrected chi connectivity index (χ3v) is 8.84. The highest BCUT2D eigenvalue weighted by Gasteiger charge is 2.29. The Hall–Kier alpha value is -2.70. The number of rotatable bonds is 5. The Labute approximate surface area is 211 Å². The van der Waals surface area contributed by atoms with Crippen LogP contribution in [0.4, 0.5) is 15.8 Å². The van der Waals surface area contributed by atoms with Crippen LogP contribution in [0.15, 0.2) is 46.2 Å². The SMILES string of the molecule is CS(=O)(=O)c1ccc(N2CCN(C(=O)c3cc(S(C)(=O)=O)ccc3N3CCCC(O)C3)CC2)c(F)c1. The molecule has 0 aliphatic carbocycles. The van der Waals surface area contributed by atoms with Gasteiger partial charge in [0, 0.05) is 57.5 Å². The van der Waals surface area contributed by atoms with E-state index in [4.69, 9.17) is 0 Å². The molecule has 1 unspecified atom stereocenters. The number of aliphatic hydroxyl groups excluding tert-OH is 1. The number of benzene rings is 2. The minimum absolute atomic E-state index is 0.0406. The molecule has 0 bridgehead atoms. The molecule has 0 aromatic heterocycles. The summed E-state index contributed by atoms with van der Waals surface area (Å²) in [6.45, 7) is 2.20. The van der Waals surface area contributed by atoms with Gasteiger partial charge in [0.25, 0.3) is 5.91 Å². The van der Waals surface area contributed by atoms with Gasteiger partial charge in [0.15, 0.2) is 19.7 Å². The molecule has 2 saturated heterocycles. The maximum Gasteiger partial charge on any atom is 0.256 e. The molecule has 2 aliphatic rings. The van der Waals surface area contributed by atoms with Crippen molar-refractivity contribution in [2.45, 2.75) is 28.7 Å². The molecule has 36 heavy (non-hydrogen) atoms. The minimum Gasteiger partial charge on any atom is -0.391 e. The van der Waals surface area contributed by atoms with Crippen LogP contribution in [0.1, 0.15) is 23.2 Å². The van der Waals surface area contributed by atoms with E-state index in [2.05, 4.69) is 0 Å². The Morgan fingerprint density at radius 1 is 0.861 bits per heavy atom. The first-order valence-electron chi connectivity index (χ1n) is 11.7. The lowest BCUT2D eigenvalue weighted by atomic mass is 10.0. The van der Waals surface area contributed by atoms with Crippen molar-refractivity contribution in [1.29, 1.82) is 0 Å². The summed E-state index contributed by atoms with van der Waals surface area (Å²) in [4.78, 5) is 18.8. The topological polar surface area (TPSA) is 115 Å². The summed E-state index contributed by atoms with van der Waals surface area (Å²) in [7, 11) is -7.07. The van der Waals surface area contributed by atoms with Crippen molar-refractivity contribution in [2.24, 2.45) is 0 Å². The lowest BCUT2D eigenvalue weighted by molar-refractivity contribution is 0.0746. The van der Waals surface area contributed by atoms with Gasteiger partial charge in [0.05, 0.1) is 27.1 Å². The first-order chi connectivity index (χ1) is 16.8. The lowest BCUT2D eigenvalue weighted by Crippen LogP contribution is -2.49. The second kappa shape index (κ2) is 9.98. The first kappa shape index (κ1) is 26.4. The van der Waals surface area contributed by atoms with Gasteiger partial charge in [0.2, 0.25) is 0 Å². The number of nitrogens with zero attached hydrogens (tertiary/aromatic N) is 3. The monoisotopic (exact) mass is 539 g/mol. The molecule has 0 spiro atoms. The Bertz CT molecular complexity index is 1370. The van der Waals surface area contributed by atoms with E-state index in [1.807, 2.05) is 4.90 Å². The van der Waals surface area contributed by atoms with E-state index < -0.39 is 31.6 Å². The fraction of sp³-hybridized carbons (Fsp3) is 0.458. The number of piperazine rings is 1. The van der Waals surface area contributed by atoms with E-state index in [-0.39, 0.29) is 40.0 Å². The van der Waals surface area contributed by atoms with Crippen molar-refractivity contribution >= 4 is 37.0 Å². The van der Waals surface area contributed by atoms with Crippen LogP contribution in [-0.2, 0) is 19.7 Å². The van der Waals surface area contributed by atoms with Crippen LogP contribution in [0.2, 0.25) is 0 Å². The van der Waals surface area contributed by atoms with Gasteiger partial charge in [-0.15, -0.1) is 0 Å². The molecule has 1 N–H and O–H groups in total. The molecule has 196 valence electrons. The van der Waals surface area contributed by atoms with Gasteiger partial charge in [-0.25, -0.2) is 21.2 Å². The second-order valence-electron chi connectivity index (χ2n) is 9.36. The smallest absolute Gasteiger partial charge is 0.256 e. The van der Waals surface area contributed by atoms with Crippen molar-refractivity contribution < 1.29 is 31.1 Å². The van der Waals surface area contributed by atoms with Crippen molar-refractivity contribution in [3.8, 4) is 0 Å². The summed E-state index contributed by atoms with van der Waals surface area (Å²) in [6, 6.07) is 8.28. The van der Waals surface area contributed by atoms with E-state index in [1.54, 1.807) is 15.9 Å². The summed E-state index contributed by atoms with van der Waals surface area (Å²) in [5, 5.41) is 10.1. The summed E-state index contributed by atoms with van der Waals surface area (Å²) >= 11 is 0. The number of halogens is 1. The molecule has 1 amide bonds. The predicted octanol–water partition coefficient (Wildman–Crippen LogP) is 1.56. The van der Waals surface area contributed by atoms with Crippen LogP contribution >= 0.6 is 0 Å². The zero-order valence-electron chi connectivity index (χ0n) is 20.2. The summed E-state index contributed by atoms with van der Waals surface area (Å²) in [6.07, 6.45) is 3.01. The molecule has 4 rings (SSSR count). The van der Waals surface area contributed by atoms with E-state index in [1.165, 1.54) is 24.3 Å². The van der Waals surface area contributed by atoms with E-state index in [0.717, 1.165) is 25.0 Å². The number of carbonyl (C=O) groups excluding carboxylic acids is 1. The van der Waals surface area contributed by atoms with Crippen molar-refractivity contribution in [2.75, 3.05) is 61.6 Å². The molecular formula is C24H30FN3O6S2. The van der Waals surface area contributed by atoms with Gasteiger partial charge in [-0.2, -0.15) is 0 Å². The number of aliphatic hydroxyl groups is 1. The Balaban J connectivity index is 1.56. The van der Waals surface area contributed by atoms with Crippen LogP contribution in [0, 0.1) is 5.82 Å². The molecule has 0 saturated carbocycles. The largest absolute Gasteiger partial charge is 0.391 e. The Kier molecular flexibility index (Phi) is 7.31. The van der Waals surface area contributed by atoms with Crippen molar-refractivity contribution in [3.05, 3.63) is 47.8 Å². The van der Waals surface area contributed by atoms with Crippen LogP contribution in [0.5, 0.6) is 0 Å². The number of hydrogen-bond donors (Lipinski definition) is 1. The third-order valence-electron chi connectivity index (χ3n) is 6.62. The quantitative estimate of drug-likeness (QED) is 0.609. The summed E-state index contributed by atoms with van der Waals surface area (Å²) in [5.74, 6) is -0.979. The van der Waals surface area contributed by atoms with E-state index in [9.17, 15) is 31.1 Å². The van der Waals surface area contributed by atoms with Gasteiger partial charge in [-0.3, -0.25) is 4.79 Å². The zero-order valence-corrected chi connectivity index (χ0v) is 21.9. The third kappa shape index (κ3) is 5.65. The Morgan fingerprint density at radius 2 is 1.44 bits per heavy atom. The lowest BCUT2D eigenvalue weighted by Gasteiger charge is -2.38. The molecule has 2 aliphatic heterocycles.